The van der Waals surface area contributed by atoms with Crippen LogP contribution in [0.2, 0.25) is 0 Å². The normalized spacial score (nSPS) is 23.3. The Morgan fingerprint density at radius 1 is 1.62 bits per heavy atom. The summed E-state index contributed by atoms with van der Waals surface area (Å²) < 4.78 is 13.3. The molecule has 0 bridgehead atoms. The third kappa shape index (κ3) is 3.90. The summed E-state index contributed by atoms with van der Waals surface area (Å²) in [6.45, 7) is -0.144. The van der Waals surface area contributed by atoms with Gasteiger partial charge in [-0.15, -0.1) is 11.8 Å². The maximum absolute atomic E-state index is 12.2. The molecule has 0 amide bonds. The van der Waals surface area contributed by atoms with E-state index in [2.05, 4.69) is 19.9 Å². The molecule has 0 aliphatic carbocycles. The lowest BCUT2D eigenvalue weighted by Crippen LogP contribution is -2.27. The zero-order valence-corrected chi connectivity index (χ0v) is 15.6. The van der Waals surface area contributed by atoms with Gasteiger partial charge in [0.05, 0.1) is 31.3 Å². The SMILES string of the molecule is CSCOC1C[C@H](n2cnc3c(=O)[nH]c(N=CN(C)C)nc32)O[C@@H]1CO. The molecule has 1 aliphatic heterocycles. The smallest absolute Gasteiger partial charge is 0.280 e. The first-order chi connectivity index (χ1) is 12.5. The second-order valence-electron chi connectivity index (χ2n) is 6.08. The molecule has 1 saturated heterocycles. The topological polar surface area (TPSA) is 118 Å². The van der Waals surface area contributed by atoms with Gasteiger partial charge in [0, 0.05) is 20.5 Å². The second-order valence-corrected chi connectivity index (χ2v) is 6.89. The summed E-state index contributed by atoms with van der Waals surface area (Å²) in [7, 11) is 3.64. The second kappa shape index (κ2) is 8.16. The van der Waals surface area contributed by atoms with E-state index in [1.54, 1.807) is 27.6 Å². The summed E-state index contributed by atoms with van der Waals surface area (Å²) in [4.78, 5) is 29.2. The molecule has 26 heavy (non-hydrogen) atoms. The van der Waals surface area contributed by atoms with Crippen LogP contribution in [-0.2, 0) is 9.47 Å². The number of imidazole rings is 1. The van der Waals surface area contributed by atoms with Crippen LogP contribution in [0.1, 0.15) is 12.6 Å². The molecule has 3 heterocycles. The number of nitrogens with one attached hydrogen (secondary N) is 1. The van der Waals surface area contributed by atoms with Gasteiger partial charge in [-0.05, 0) is 6.26 Å². The molecule has 1 aliphatic rings. The molecule has 3 atom stereocenters. The molecule has 1 fully saturated rings. The Labute approximate surface area is 154 Å². The number of ether oxygens (including phenoxy) is 2. The van der Waals surface area contributed by atoms with E-state index in [1.807, 2.05) is 20.4 Å². The highest BCUT2D eigenvalue weighted by molar-refractivity contribution is 7.98. The Morgan fingerprint density at radius 2 is 2.42 bits per heavy atom. The zero-order chi connectivity index (χ0) is 18.7. The number of aromatic amines is 1. The number of aliphatic hydroxyl groups excluding tert-OH is 1. The molecule has 2 aromatic rings. The van der Waals surface area contributed by atoms with Gasteiger partial charge in [0.1, 0.15) is 12.3 Å². The van der Waals surface area contributed by atoms with Crippen molar-refractivity contribution in [2.24, 2.45) is 4.99 Å². The zero-order valence-electron chi connectivity index (χ0n) is 14.8. The summed E-state index contributed by atoms with van der Waals surface area (Å²) >= 11 is 1.56. The number of rotatable bonds is 7. The quantitative estimate of drug-likeness (QED) is 0.399. The van der Waals surface area contributed by atoms with Crippen molar-refractivity contribution in [1.82, 2.24) is 24.4 Å². The average molecular weight is 382 g/mol. The lowest BCUT2D eigenvalue weighted by Gasteiger charge is -2.15. The van der Waals surface area contributed by atoms with E-state index >= 15 is 0 Å². The predicted molar refractivity (Wildman–Crippen MR) is 98.9 cm³/mol. The first-order valence-electron chi connectivity index (χ1n) is 8.07. The van der Waals surface area contributed by atoms with E-state index < -0.39 is 12.3 Å². The van der Waals surface area contributed by atoms with Gasteiger partial charge >= 0.3 is 0 Å². The van der Waals surface area contributed by atoms with Gasteiger partial charge in [0.2, 0.25) is 5.95 Å². The van der Waals surface area contributed by atoms with Crippen LogP contribution >= 0.6 is 11.8 Å². The van der Waals surface area contributed by atoms with Crippen LogP contribution in [0.15, 0.2) is 16.1 Å². The lowest BCUT2D eigenvalue weighted by molar-refractivity contribution is -0.0533. The Kier molecular flexibility index (Phi) is 5.91. The highest BCUT2D eigenvalue weighted by Gasteiger charge is 2.37. The molecule has 2 N–H and O–H groups in total. The molecule has 2 aromatic heterocycles. The van der Waals surface area contributed by atoms with Crippen LogP contribution in [-0.4, -0.2) is 81.0 Å². The van der Waals surface area contributed by atoms with Crippen LogP contribution in [0.3, 0.4) is 0 Å². The molecule has 0 aromatic carbocycles. The Hall–Kier alpha value is -1.95. The van der Waals surface area contributed by atoms with E-state index in [4.69, 9.17) is 9.47 Å². The molecule has 11 heteroatoms. The van der Waals surface area contributed by atoms with E-state index in [-0.39, 0.29) is 29.7 Å². The molecule has 0 saturated carbocycles. The van der Waals surface area contributed by atoms with Crippen molar-refractivity contribution in [3.63, 3.8) is 0 Å². The third-order valence-corrected chi connectivity index (χ3v) is 4.27. The number of fused-ring (bicyclic) bond motifs is 1. The summed E-state index contributed by atoms with van der Waals surface area (Å²) in [6, 6.07) is 0. The summed E-state index contributed by atoms with van der Waals surface area (Å²) in [5.74, 6) is 0.702. The minimum atomic E-state index is -0.433. The monoisotopic (exact) mass is 382 g/mol. The molecule has 10 nitrogen and oxygen atoms in total. The van der Waals surface area contributed by atoms with E-state index in [0.717, 1.165) is 0 Å². The largest absolute Gasteiger partial charge is 0.394 e. The maximum Gasteiger partial charge on any atom is 0.280 e. The highest BCUT2D eigenvalue weighted by Crippen LogP contribution is 2.32. The molecule has 1 unspecified atom stereocenters. The Balaban J connectivity index is 1.91. The molecule has 142 valence electrons. The van der Waals surface area contributed by atoms with Crippen LogP contribution in [0.25, 0.3) is 11.2 Å². The Bertz CT molecular complexity index is 835. The van der Waals surface area contributed by atoms with Gasteiger partial charge in [0.25, 0.3) is 5.56 Å². The number of nitrogens with zero attached hydrogens (tertiary/aromatic N) is 5. The number of aromatic nitrogens is 4. The fourth-order valence-corrected chi connectivity index (χ4v) is 3.03. The van der Waals surface area contributed by atoms with Crippen molar-refractivity contribution in [3.8, 4) is 0 Å². The predicted octanol–water partition coefficient (Wildman–Crippen LogP) is 0.326. The Morgan fingerprint density at radius 3 is 3.12 bits per heavy atom. The lowest BCUT2D eigenvalue weighted by atomic mass is 10.2. The fourth-order valence-electron chi connectivity index (χ4n) is 2.72. The minimum Gasteiger partial charge on any atom is -0.394 e. The van der Waals surface area contributed by atoms with Gasteiger partial charge in [-0.3, -0.25) is 14.3 Å². The number of thioether (sulfide) groups is 1. The molecule has 0 radical (unpaired) electrons. The fraction of sp³-hybridized carbons (Fsp3) is 0.600. The van der Waals surface area contributed by atoms with Gasteiger partial charge in [0.15, 0.2) is 11.2 Å². The van der Waals surface area contributed by atoms with Crippen molar-refractivity contribution in [2.45, 2.75) is 24.9 Å². The van der Waals surface area contributed by atoms with Gasteiger partial charge in [-0.1, -0.05) is 0 Å². The van der Waals surface area contributed by atoms with Crippen LogP contribution in [0.4, 0.5) is 5.95 Å². The van der Waals surface area contributed by atoms with Crippen molar-refractivity contribution in [1.29, 1.82) is 0 Å². The van der Waals surface area contributed by atoms with E-state index in [0.29, 0.717) is 18.0 Å². The van der Waals surface area contributed by atoms with Crippen molar-refractivity contribution in [3.05, 3.63) is 16.7 Å². The molecule has 3 rings (SSSR count). The first-order valence-corrected chi connectivity index (χ1v) is 9.47. The third-order valence-electron chi connectivity index (χ3n) is 3.90. The van der Waals surface area contributed by atoms with E-state index in [9.17, 15) is 9.90 Å². The summed E-state index contributed by atoms with van der Waals surface area (Å²) in [6.07, 6.45) is 4.44. The number of hydrogen-bond donors (Lipinski definition) is 2. The van der Waals surface area contributed by atoms with E-state index in [1.165, 1.54) is 6.33 Å². The average Bonchev–Trinajstić information content (AvgIpc) is 3.21. The summed E-state index contributed by atoms with van der Waals surface area (Å²) in [5.41, 5.74) is 0.227. The summed E-state index contributed by atoms with van der Waals surface area (Å²) in [5, 5.41) is 9.54. The van der Waals surface area contributed by atoms with Crippen LogP contribution in [0, 0.1) is 0 Å². The molecular formula is C15H22N6O4S. The maximum atomic E-state index is 12.2. The number of aliphatic hydroxyl groups is 1. The molecular weight excluding hydrogens is 360 g/mol. The van der Waals surface area contributed by atoms with Gasteiger partial charge in [-0.2, -0.15) is 4.98 Å². The number of H-pyrrole nitrogens is 1. The van der Waals surface area contributed by atoms with Gasteiger partial charge in [-0.25, -0.2) is 9.98 Å². The standard InChI is InChI=1S/C15H22N6O4S/c1-20(2)6-17-15-18-13-12(14(23)19-15)16-7-21(13)11-4-9(24-8-26-3)10(5-22)25-11/h6-7,9-11,22H,4-5,8H2,1-3H3,(H,18,19,23)/t9?,10-,11-/m1/s1. The van der Waals surface area contributed by atoms with Crippen LogP contribution < -0.4 is 5.56 Å². The highest BCUT2D eigenvalue weighted by atomic mass is 32.2. The minimum absolute atomic E-state index is 0.144. The van der Waals surface area contributed by atoms with Crippen molar-refractivity contribution < 1.29 is 14.6 Å². The number of hydrogen-bond acceptors (Lipinski definition) is 8. The first kappa shape index (κ1) is 18.8. The van der Waals surface area contributed by atoms with Gasteiger partial charge < -0.3 is 19.5 Å². The van der Waals surface area contributed by atoms with Crippen LogP contribution in [0.5, 0.6) is 0 Å². The van der Waals surface area contributed by atoms with Crippen molar-refractivity contribution >= 4 is 35.2 Å². The molecule has 0 spiro atoms. The number of aliphatic imine (C=N–C) groups is 1. The van der Waals surface area contributed by atoms with Crippen molar-refractivity contribution in [2.75, 3.05) is 32.9 Å².